The Bertz CT molecular complexity index is 3400. The highest BCUT2D eigenvalue weighted by Crippen LogP contribution is 2.52. The fraction of sp³-hybridized carbons (Fsp3) is 0.246. The standard InChI is InChI=1S/C61H59BN2S2/c1-36-28-51-55-52(29-36)64(56-37(2)30-43(31-38(56)3)61(10,11)12)57-46-34-42(60(7,8)9)24-27-54(46)66-58(57)62(55)48-25-22-40(47-35-65-53-21-17-16-20-44(47)53)32-50(48)63(51)49-26-23-41(59(4,5)6)33-45(49)39-18-14-13-15-19-39/h13-35H,1-12H3. The highest BCUT2D eigenvalue weighted by molar-refractivity contribution is 7.33. The van der Waals surface area contributed by atoms with Gasteiger partial charge in [0, 0.05) is 53.1 Å². The Morgan fingerprint density at radius 1 is 0.455 bits per heavy atom. The molecule has 11 rings (SSSR count). The average Bonchev–Trinajstić information content (AvgIpc) is 3.88. The minimum absolute atomic E-state index is 0.00350. The molecule has 0 bridgehead atoms. The van der Waals surface area contributed by atoms with Crippen LogP contribution in [0.1, 0.15) is 95.7 Å². The van der Waals surface area contributed by atoms with E-state index in [2.05, 4.69) is 232 Å². The van der Waals surface area contributed by atoms with Crippen molar-refractivity contribution in [3.05, 3.63) is 172 Å². The van der Waals surface area contributed by atoms with Gasteiger partial charge in [-0.1, -0.05) is 147 Å². The van der Waals surface area contributed by atoms with E-state index in [1.54, 1.807) is 0 Å². The summed E-state index contributed by atoms with van der Waals surface area (Å²) < 4.78 is 4.06. The first-order chi connectivity index (χ1) is 31.4. The van der Waals surface area contributed by atoms with Crippen LogP contribution in [-0.4, -0.2) is 6.71 Å². The van der Waals surface area contributed by atoms with Crippen molar-refractivity contribution in [2.45, 2.75) is 99.3 Å². The summed E-state index contributed by atoms with van der Waals surface area (Å²) in [7, 11) is 0. The quantitative estimate of drug-likeness (QED) is 0.162. The number of hydrogen-bond donors (Lipinski definition) is 0. The Balaban J connectivity index is 1.27. The third-order valence-electron chi connectivity index (χ3n) is 14.2. The predicted molar refractivity (Wildman–Crippen MR) is 292 cm³/mol. The van der Waals surface area contributed by atoms with Crippen molar-refractivity contribution < 1.29 is 0 Å². The molecule has 2 aliphatic rings. The Morgan fingerprint density at radius 3 is 1.79 bits per heavy atom. The highest BCUT2D eigenvalue weighted by Gasteiger charge is 2.46. The van der Waals surface area contributed by atoms with Crippen LogP contribution in [0.4, 0.5) is 34.1 Å². The van der Waals surface area contributed by atoms with Gasteiger partial charge in [0.1, 0.15) is 0 Å². The van der Waals surface area contributed by atoms with Gasteiger partial charge >= 0.3 is 0 Å². The first kappa shape index (κ1) is 42.7. The Hall–Kier alpha value is -5.88. The van der Waals surface area contributed by atoms with Gasteiger partial charge in [0.25, 0.3) is 6.71 Å². The molecule has 4 heterocycles. The predicted octanol–water partition coefficient (Wildman–Crippen LogP) is 16.4. The summed E-state index contributed by atoms with van der Waals surface area (Å²) in [6.07, 6.45) is 0. The number of aryl methyl sites for hydroxylation is 3. The molecule has 66 heavy (non-hydrogen) atoms. The molecule has 2 nitrogen and oxygen atoms in total. The van der Waals surface area contributed by atoms with Crippen molar-refractivity contribution in [3.8, 4) is 22.3 Å². The van der Waals surface area contributed by atoms with Crippen molar-refractivity contribution in [1.29, 1.82) is 0 Å². The molecule has 9 aromatic rings. The molecule has 0 radical (unpaired) electrons. The van der Waals surface area contributed by atoms with Crippen molar-refractivity contribution in [3.63, 3.8) is 0 Å². The lowest BCUT2D eigenvalue weighted by Gasteiger charge is -2.44. The first-order valence-corrected chi connectivity index (χ1v) is 25.3. The molecule has 0 N–H and O–H groups in total. The van der Waals surface area contributed by atoms with Gasteiger partial charge in [-0.3, -0.25) is 0 Å². The number of hydrogen-bond acceptors (Lipinski definition) is 4. The van der Waals surface area contributed by atoms with Crippen LogP contribution in [0.3, 0.4) is 0 Å². The van der Waals surface area contributed by atoms with E-state index < -0.39 is 0 Å². The van der Waals surface area contributed by atoms with Gasteiger partial charge in [0.05, 0.1) is 17.1 Å². The topological polar surface area (TPSA) is 6.48 Å². The minimum atomic E-state index is -0.0220. The van der Waals surface area contributed by atoms with Gasteiger partial charge < -0.3 is 9.80 Å². The molecule has 2 aromatic heterocycles. The number of nitrogens with zero attached hydrogens (tertiary/aromatic N) is 2. The molecule has 0 atom stereocenters. The van der Waals surface area contributed by atoms with Crippen LogP contribution in [0.5, 0.6) is 0 Å². The maximum Gasteiger partial charge on any atom is 0.264 e. The van der Waals surface area contributed by atoms with Gasteiger partial charge in [-0.15, -0.1) is 22.7 Å². The summed E-state index contributed by atoms with van der Waals surface area (Å²) in [5.41, 5.74) is 23.2. The van der Waals surface area contributed by atoms with Crippen molar-refractivity contribution in [2.24, 2.45) is 0 Å². The Morgan fingerprint density at radius 2 is 1.09 bits per heavy atom. The van der Waals surface area contributed by atoms with Crippen LogP contribution >= 0.6 is 22.7 Å². The molecule has 0 fully saturated rings. The van der Waals surface area contributed by atoms with Crippen LogP contribution in [0, 0.1) is 20.8 Å². The summed E-state index contributed by atoms with van der Waals surface area (Å²) in [5.74, 6) is 0. The van der Waals surface area contributed by atoms with E-state index in [-0.39, 0.29) is 23.0 Å². The molecule has 0 aliphatic carbocycles. The summed E-state index contributed by atoms with van der Waals surface area (Å²) in [6.45, 7) is 28.0. The molecule has 2 aliphatic heterocycles. The summed E-state index contributed by atoms with van der Waals surface area (Å²) in [4.78, 5) is 5.33. The van der Waals surface area contributed by atoms with Gasteiger partial charge in [-0.25, -0.2) is 0 Å². The summed E-state index contributed by atoms with van der Waals surface area (Å²) in [6, 6.07) is 51.7. The lowest BCUT2D eigenvalue weighted by Crippen LogP contribution is -2.60. The van der Waals surface area contributed by atoms with Gasteiger partial charge in [-0.05, 0) is 146 Å². The molecular weight excluding hydrogens is 836 g/mol. The maximum absolute atomic E-state index is 2.69. The SMILES string of the molecule is Cc1cc2c3c(c1)N(c1c(C)cc(C(C)(C)C)cc1C)c1c(sc4ccc(C(C)(C)C)cc14)B3c1ccc(-c3csc4ccccc34)cc1N2c1ccc(C(C)(C)C)cc1-c1ccccc1. The van der Waals surface area contributed by atoms with Crippen molar-refractivity contribution in [1.82, 2.24) is 0 Å². The van der Waals surface area contributed by atoms with Crippen LogP contribution in [0.15, 0.2) is 139 Å². The van der Waals surface area contributed by atoms with Crippen molar-refractivity contribution >= 4 is 99.4 Å². The number of anilines is 6. The fourth-order valence-corrected chi connectivity index (χ4v) is 13.0. The van der Waals surface area contributed by atoms with E-state index >= 15 is 0 Å². The highest BCUT2D eigenvalue weighted by atomic mass is 32.1. The Labute approximate surface area is 400 Å². The average molecular weight is 895 g/mol. The minimum Gasteiger partial charge on any atom is -0.311 e. The van der Waals surface area contributed by atoms with Gasteiger partial charge in [0.2, 0.25) is 0 Å². The van der Waals surface area contributed by atoms with E-state index in [0.29, 0.717) is 0 Å². The second-order valence-electron chi connectivity index (χ2n) is 22.1. The molecule has 0 saturated carbocycles. The van der Waals surface area contributed by atoms with Crippen LogP contribution < -0.4 is 25.5 Å². The second-order valence-corrected chi connectivity index (χ2v) is 24.1. The zero-order valence-corrected chi connectivity index (χ0v) is 42.2. The third kappa shape index (κ3) is 6.79. The van der Waals surface area contributed by atoms with E-state index in [4.69, 9.17) is 0 Å². The zero-order valence-electron chi connectivity index (χ0n) is 40.6. The van der Waals surface area contributed by atoms with Gasteiger partial charge in [0.15, 0.2) is 0 Å². The van der Waals surface area contributed by atoms with E-state index in [1.807, 2.05) is 22.7 Å². The molecule has 7 aromatic carbocycles. The molecule has 5 heteroatoms. The summed E-state index contributed by atoms with van der Waals surface area (Å²) in [5, 5.41) is 5.00. The monoisotopic (exact) mass is 894 g/mol. The molecule has 0 unspecified atom stereocenters. The number of benzene rings is 7. The lowest BCUT2D eigenvalue weighted by molar-refractivity contribution is 0.589. The number of rotatable bonds is 4. The third-order valence-corrected chi connectivity index (χ3v) is 16.4. The molecule has 0 spiro atoms. The Kier molecular flexibility index (Phi) is 9.76. The van der Waals surface area contributed by atoms with Crippen LogP contribution in [-0.2, 0) is 16.2 Å². The fourth-order valence-electron chi connectivity index (χ4n) is 10.7. The van der Waals surface area contributed by atoms with Crippen LogP contribution in [0.25, 0.3) is 42.4 Å². The van der Waals surface area contributed by atoms with E-state index in [0.717, 1.165) is 0 Å². The van der Waals surface area contributed by atoms with Gasteiger partial charge in [-0.2, -0.15) is 0 Å². The van der Waals surface area contributed by atoms with Crippen molar-refractivity contribution in [2.75, 3.05) is 9.80 Å². The van der Waals surface area contributed by atoms with Crippen LogP contribution in [0.2, 0.25) is 0 Å². The number of fused-ring (bicyclic) bond motifs is 7. The smallest absolute Gasteiger partial charge is 0.264 e. The lowest BCUT2D eigenvalue weighted by atomic mass is 9.36. The van der Waals surface area contributed by atoms with E-state index in [1.165, 1.54) is 126 Å². The molecule has 328 valence electrons. The second kappa shape index (κ2) is 15.1. The maximum atomic E-state index is 2.69. The molecule has 0 amide bonds. The zero-order chi connectivity index (χ0) is 46.2. The van der Waals surface area contributed by atoms with E-state index in [9.17, 15) is 0 Å². The largest absolute Gasteiger partial charge is 0.311 e. The summed E-state index contributed by atoms with van der Waals surface area (Å²) >= 11 is 3.82. The molecule has 0 saturated heterocycles. The normalized spacial score (nSPS) is 13.7. The number of thiophene rings is 2. The molecular formula is C61H59BN2S2. The first-order valence-electron chi connectivity index (χ1n) is 23.6.